The van der Waals surface area contributed by atoms with Gasteiger partial charge in [0.1, 0.15) is 16.8 Å². The number of nitrogens with one attached hydrogen (secondary N) is 2. The summed E-state index contributed by atoms with van der Waals surface area (Å²) in [6, 6.07) is 11.1. The normalized spacial score (nSPS) is 11.3. The fourth-order valence-corrected chi connectivity index (χ4v) is 4.26. The number of pyridine rings is 2. The minimum Gasteiger partial charge on any atom is -0.371 e. The first-order valence-corrected chi connectivity index (χ1v) is 11.7. The number of fused-ring (bicyclic) bond motifs is 1. The summed E-state index contributed by atoms with van der Waals surface area (Å²) in [5, 5.41) is 20.7. The second-order valence-corrected chi connectivity index (χ2v) is 9.54. The molecule has 2 N–H and O–H groups in total. The summed E-state index contributed by atoms with van der Waals surface area (Å²) in [7, 11) is 3.52. The number of rotatable bonds is 7. The first-order valence-electron chi connectivity index (χ1n) is 11.3. The Bertz CT molecular complexity index is 1560. The van der Waals surface area contributed by atoms with E-state index in [-0.39, 0.29) is 16.6 Å². The molecule has 36 heavy (non-hydrogen) atoms. The van der Waals surface area contributed by atoms with E-state index in [1.165, 1.54) is 6.07 Å². The van der Waals surface area contributed by atoms with Gasteiger partial charge in [0.05, 0.1) is 17.3 Å². The van der Waals surface area contributed by atoms with Crippen LogP contribution in [0, 0.1) is 11.3 Å². The molecule has 0 saturated carbocycles. The van der Waals surface area contributed by atoms with E-state index in [9.17, 15) is 14.9 Å². The van der Waals surface area contributed by atoms with Gasteiger partial charge >= 0.3 is 0 Å². The van der Waals surface area contributed by atoms with Crippen LogP contribution in [0.25, 0.3) is 10.9 Å². The lowest BCUT2D eigenvalue weighted by atomic mass is 9.99. The van der Waals surface area contributed by atoms with Gasteiger partial charge < -0.3 is 15.2 Å². The molecule has 3 heterocycles. The van der Waals surface area contributed by atoms with Gasteiger partial charge in [0.15, 0.2) is 0 Å². The molecule has 4 aromatic rings. The van der Waals surface area contributed by atoms with Crippen molar-refractivity contribution in [1.29, 1.82) is 5.26 Å². The molecule has 0 spiro atoms. The highest BCUT2D eigenvalue weighted by molar-refractivity contribution is 6.30. The average molecular weight is 504 g/mol. The summed E-state index contributed by atoms with van der Waals surface area (Å²) in [6.45, 7) is 3.86. The monoisotopic (exact) mass is 503 g/mol. The third-order valence-electron chi connectivity index (χ3n) is 6.03. The number of halogens is 1. The maximum atomic E-state index is 13.0. The third kappa shape index (κ3) is 5.09. The Kier molecular flexibility index (Phi) is 6.82. The molecule has 0 bridgehead atoms. The molecule has 0 aliphatic heterocycles. The van der Waals surface area contributed by atoms with Crippen molar-refractivity contribution >= 4 is 34.1 Å². The SMILES string of the molecule is Cn1cc(CNC(=O)C(C)(C)Nc2cc(=O)n(C)c3ccc(Cc4ccnc(Cl)c4C#N)cc23)cn1. The molecule has 0 saturated heterocycles. The van der Waals surface area contributed by atoms with Gasteiger partial charge in [-0.25, -0.2) is 4.98 Å². The van der Waals surface area contributed by atoms with E-state index < -0.39 is 5.54 Å². The Morgan fingerprint density at radius 1 is 1.19 bits per heavy atom. The van der Waals surface area contributed by atoms with Gasteiger partial charge in [-0.15, -0.1) is 0 Å². The summed E-state index contributed by atoms with van der Waals surface area (Å²) in [5.74, 6) is -0.221. The quantitative estimate of drug-likeness (QED) is 0.374. The molecule has 0 unspecified atom stereocenters. The molecule has 3 aromatic heterocycles. The third-order valence-corrected chi connectivity index (χ3v) is 6.32. The van der Waals surface area contributed by atoms with Crippen LogP contribution in [0.15, 0.2) is 53.7 Å². The molecule has 0 aliphatic carbocycles. The molecule has 10 heteroatoms. The van der Waals surface area contributed by atoms with Gasteiger partial charge in [0.25, 0.3) is 5.56 Å². The van der Waals surface area contributed by atoms with Crippen LogP contribution in [0.1, 0.15) is 36.1 Å². The number of amides is 1. The number of carbonyl (C=O) groups is 1. The van der Waals surface area contributed by atoms with E-state index in [1.807, 2.05) is 31.4 Å². The van der Waals surface area contributed by atoms with Crippen LogP contribution in [0.2, 0.25) is 5.15 Å². The standard InChI is InChI=1S/C26H26ClN7O2/c1-26(2,25(36)30-13-17-14-31-33(3)15-17)32-21-11-23(35)34(4)22-6-5-16(10-19(21)22)9-18-7-8-29-24(27)20(18)12-28/h5-8,10-11,14-15,32H,9,13H2,1-4H3,(H,30,36). The second-order valence-electron chi connectivity index (χ2n) is 9.19. The Hall–Kier alpha value is -4.16. The first-order chi connectivity index (χ1) is 17.1. The topological polar surface area (TPSA) is 118 Å². The predicted molar refractivity (Wildman–Crippen MR) is 139 cm³/mol. The molecule has 9 nitrogen and oxygen atoms in total. The largest absolute Gasteiger partial charge is 0.371 e. The molecule has 0 fully saturated rings. The molecule has 1 amide bonds. The molecule has 1 aromatic carbocycles. The smallest absolute Gasteiger partial charge is 0.252 e. The Balaban J connectivity index is 1.66. The summed E-state index contributed by atoms with van der Waals surface area (Å²) >= 11 is 6.10. The van der Waals surface area contributed by atoms with E-state index in [2.05, 4.69) is 26.8 Å². The number of anilines is 1. The highest BCUT2D eigenvalue weighted by Gasteiger charge is 2.28. The van der Waals surface area contributed by atoms with Gasteiger partial charge in [-0.1, -0.05) is 17.7 Å². The lowest BCUT2D eigenvalue weighted by molar-refractivity contribution is -0.124. The minimum absolute atomic E-state index is 0.166. The number of benzene rings is 1. The van der Waals surface area contributed by atoms with Crippen LogP contribution in [0.4, 0.5) is 5.69 Å². The maximum absolute atomic E-state index is 13.0. The molecule has 4 rings (SSSR count). The van der Waals surface area contributed by atoms with E-state index in [4.69, 9.17) is 11.6 Å². The molecule has 184 valence electrons. The van der Waals surface area contributed by atoms with Crippen molar-refractivity contribution in [3.63, 3.8) is 0 Å². The van der Waals surface area contributed by atoms with E-state index in [1.54, 1.807) is 48.6 Å². The van der Waals surface area contributed by atoms with Gasteiger partial charge in [-0.2, -0.15) is 10.4 Å². The zero-order chi connectivity index (χ0) is 26.0. The van der Waals surface area contributed by atoms with Crippen LogP contribution in [0.3, 0.4) is 0 Å². The van der Waals surface area contributed by atoms with Crippen LogP contribution >= 0.6 is 11.6 Å². The van der Waals surface area contributed by atoms with Crippen molar-refractivity contribution < 1.29 is 4.79 Å². The number of hydrogen-bond donors (Lipinski definition) is 2. The number of aromatic nitrogens is 4. The number of hydrogen-bond acceptors (Lipinski definition) is 6. The van der Waals surface area contributed by atoms with Crippen LogP contribution in [-0.2, 0) is 31.9 Å². The fraction of sp³-hybridized carbons (Fsp3) is 0.269. The van der Waals surface area contributed by atoms with E-state index >= 15 is 0 Å². The molecule has 0 aliphatic rings. The maximum Gasteiger partial charge on any atom is 0.252 e. The summed E-state index contributed by atoms with van der Waals surface area (Å²) in [5.41, 5.74) is 2.95. The van der Waals surface area contributed by atoms with Gasteiger partial charge in [-0.05, 0) is 49.6 Å². The van der Waals surface area contributed by atoms with Crippen molar-refractivity contribution in [2.75, 3.05) is 5.32 Å². The van der Waals surface area contributed by atoms with Gasteiger partial charge in [-0.3, -0.25) is 14.3 Å². The Labute approximate surface area is 213 Å². The van der Waals surface area contributed by atoms with Crippen molar-refractivity contribution in [3.8, 4) is 6.07 Å². The highest BCUT2D eigenvalue weighted by Crippen LogP contribution is 2.27. The lowest BCUT2D eigenvalue weighted by Gasteiger charge is -2.27. The van der Waals surface area contributed by atoms with Gasteiger partial charge in [0.2, 0.25) is 5.91 Å². The summed E-state index contributed by atoms with van der Waals surface area (Å²) in [6.07, 6.45) is 5.57. The molecule has 0 radical (unpaired) electrons. The summed E-state index contributed by atoms with van der Waals surface area (Å²) in [4.78, 5) is 29.7. The fourth-order valence-electron chi connectivity index (χ4n) is 4.04. The van der Waals surface area contributed by atoms with Crippen LogP contribution in [0.5, 0.6) is 0 Å². The van der Waals surface area contributed by atoms with Crippen molar-refractivity contribution in [2.45, 2.75) is 32.4 Å². The van der Waals surface area contributed by atoms with Crippen molar-refractivity contribution in [2.24, 2.45) is 14.1 Å². The number of nitriles is 1. The molecular weight excluding hydrogens is 478 g/mol. The Morgan fingerprint density at radius 2 is 1.97 bits per heavy atom. The minimum atomic E-state index is -1.01. The van der Waals surface area contributed by atoms with E-state index in [0.717, 1.165) is 22.1 Å². The number of nitrogens with zero attached hydrogens (tertiary/aromatic N) is 5. The zero-order valence-corrected chi connectivity index (χ0v) is 21.2. The second kappa shape index (κ2) is 9.84. The molecular formula is C26H26ClN7O2. The number of aryl methyl sites for hydroxylation is 2. The van der Waals surface area contributed by atoms with Crippen molar-refractivity contribution in [3.05, 3.63) is 86.7 Å². The predicted octanol–water partition coefficient (Wildman–Crippen LogP) is 3.29. The molecule has 0 atom stereocenters. The van der Waals surface area contributed by atoms with E-state index in [0.29, 0.717) is 29.7 Å². The average Bonchev–Trinajstić information content (AvgIpc) is 3.26. The summed E-state index contributed by atoms with van der Waals surface area (Å²) < 4.78 is 3.23. The van der Waals surface area contributed by atoms with Crippen molar-refractivity contribution in [1.82, 2.24) is 24.6 Å². The lowest BCUT2D eigenvalue weighted by Crippen LogP contribution is -2.47. The highest BCUT2D eigenvalue weighted by atomic mass is 35.5. The Morgan fingerprint density at radius 3 is 2.67 bits per heavy atom. The number of carbonyl (C=O) groups excluding carboxylic acids is 1. The van der Waals surface area contributed by atoms with Crippen LogP contribution < -0.4 is 16.2 Å². The van der Waals surface area contributed by atoms with Gasteiger partial charge in [0, 0.05) is 55.7 Å². The van der Waals surface area contributed by atoms with Crippen LogP contribution in [-0.4, -0.2) is 30.8 Å². The first kappa shape index (κ1) is 24.9. The zero-order valence-electron chi connectivity index (χ0n) is 20.5.